The van der Waals surface area contributed by atoms with Crippen LogP contribution >= 0.6 is 21.6 Å². The van der Waals surface area contributed by atoms with Crippen LogP contribution in [0.2, 0.25) is 0 Å². The molecule has 0 radical (unpaired) electrons. The van der Waals surface area contributed by atoms with Crippen LogP contribution in [0.25, 0.3) is 0 Å². The van der Waals surface area contributed by atoms with Crippen molar-refractivity contribution in [2.24, 2.45) is 0 Å². The number of anilines is 1. The van der Waals surface area contributed by atoms with Gasteiger partial charge in [-0.05, 0) is 26.0 Å². The summed E-state index contributed by atoms with van der Waals surface area (Å²) in [6.07, 6.45) is 0.159. The number of hydrogen-bond donors (Lipinski definition) is 2. The van der Waals surface area contributed by atoms with Gasteiger partial charge < -0.3 is 10.4 Å². The van der Waals surface area contributed by atoms with Gasteiger partial charge in [-0.1, -0.05) is 33.7 Å². The molecule has 0 aliphatic rings. The van der Waals surface area contributed by atoms with Crippen molar-refractivity contribution >= 4 is 33.2 Å². The van der Waals surface area contributed by atoms with Gasteiger partial charge in [-0.25, -0.2) is 0 Å². The first kappa shape index (κ1) is 14.3. The van der Waals surface area contributed by atoms with E-state index >= 15 is 0 Å². The van der Waals surface area contributed by atoms with Crippen LogP contribution in [0.1, 0.15) is 20.3 Å². The number of aliphatic carboxylic acids is 1. The van der Waals surface area contributed by atoms with Crippen molar-refractivity contribution in [3.05, 3.63) is 24.3 Å². The van der Waals surface area contributed by atoms with Crippen LogP contribution in [0.5, 0.6) is 0 Å². The van der Waals surface area contributed by atoms with E-state index in [4.69, 9.17) is 5.11 Å². The van der Waals surface area contributed by atoms with E-state index in [-0.39, 0.29) is 11.2 Å². The molecule has 17 heavy (non-hydrogen) atoms. The number of nitrogens with one attached hydrogen (secondary N) is 1. The highest BCUT2D eigenvalue weighted by atomic mass is 33.1. The molecule has 0 saturated carbocycles. The van der Waals surface area contributed by atoms with Crippen LogP contribution in [0, 0.1) is 0 Å². The maximum Gasteiger partial charge on any atom is 0.304 e. The Morgan fingerprint density at radius 1 is 1.41 bits per heavy atom. The smallest absolute Gasteiger partial charge is 0.304 e. The first-order valence-corrected chi connectivity index (χ1v) is 7.44. The lowest BCUT2D eigenvalue weighted by molar-refractivity contribution is -0.137. The lowest BCUT2D eigenvalue weighted by Gasteiger charge is -2.21. The fourth-order valence-corrected chi connectivity index (χ4v) is 3.75. The van der Waals surface area contributed by atoms with E-state index in [2.05, 4.69) is 5.32 Å². The van der Waals surface area contributed by atoms with Crippen molar-refractivity contribution < 1.29 is 9.90 Å². The second kappa shape index (κ2) is 6.21. The summed E-state index contributed by atoms with van der Waals surface area (Å²) in [6.45, 7) is 3.89. The SMILES string of the molecule is CNc1ccccc1SSC(C)(C)CC(=O)O. The number of carboxylic acid groups (broad SMARTS) is 1. The van der Waals surface area contributed by atoms with Crippen LogP contribution in [-0.4, -0.2) is 22.9 Å². The molecule has 0 aromatic heterocycles. The zero-order valence-corrected chi connectivity index (χ0v) is 11.8. The second-order valence-electron chi connectivity index (χ2n) is 4.24. The molecule has 0 fully saturated rings. The minimum Gasteiger partial charge on any atom is -0.481 e. The number of para-hydroxylation sites is 1. The fourth-order valence-electron chi connectivity index (χ4n) is 1.30. The van der Waals surface area contributed by atoms with E-state index in [0.717, 1.165) is 10.6 Å². The third-order valence-corrected chi connectivity index (χ3v) is 5.45. The Kier molecular flexibility index (Phi) is 5.21. The number of rotatable bonds is 6. The first-order chi connectivity index (χ1) is 7.94. The van der Waals surface area contributed by atoms with Crippen LogP contribution in [0.4, 0.5) is 5.69 Å². The number of carboxylic acids is 1. The van der Waals surface area contributed by atoms with E-state index in [0.29, 0.717) is 0 Å². The molecule has 0 aliphatic carbocycles. The maximum atomic E-state index is 10.7. The Balaban J connectivity index is 2.63. The van der Waals surface area contributed by atoms with E-state index in [9.17, 15) is 4.79 Å². The van der Waals surface area contributed by atoms with Crippen molar-refractivity contribution in [3.8, 4) is 0 Å². The van der Waals surface area contributed by atoms with E-state index < -0.39 is 5.97 Å². The van der Waals surface area contributed by atoms with E-state index in [1.807, 2.05) is 45.2 Å². The molecule has 1 aromatic carbocycles. The predicted molar refractivity (Wildman–Crippen MR) is 75.8 cm³/mol. The zero-order chi connectivity index (χ0) is 12.9. The molecule has 0 unspecified atom stereocenters. The highest BCUT2D eigenvalue weighted by molar-refractivity contribution is 8.77. The Morgan fingerprint density at radius 3 is 2.65 bits per heavy atom. The van der Waals surface area contributed by atoms with Gasteiger partial charge >= 0.3 is 5.97 Å². The van der Waals surface area contributed by atoms with Gasteiger partial charge in [0.2, 0.25) is 0 Å². The molecule has 0 aliphatic heterocycles. The Labute approximate surface area is 110 Å². The van der Waals surface area contributed by atoms with E-state index in [1.165, 1.54) is 0 Å². The Bertz CT molecular complexity index is 394. The molecule has 0 amide bonds. The van der Waals surface area contributed by atoms with E-state index in [1.54, 1.807) is 21.6 Å². The summed E-state index contributed by atoms with van der Waals surface area (Å²) in [5.74, 6) is -0.759. The molecular weight excluding hydrogens is 254 g/mol. The molecule has 0 atom stereocenters. The predicted octanol–water partition coefficient (Wildman–Crippen LogP) is 3.72. The molecule has 94 valence electrons. The average molecular weight is 271 g/mol. The lowest BCUT2D eigenvalue weighted by Crippen LogP contribution is -2.18. The molecule has 1 rings (SSSR count). The summed E-state index contributed by atoms with van der Waals surface area (Å²) < 4.78 is -0.280. The number of benzene rings is 1. The van der Waals surface area contributed by atoms with Gasteiger partial charge in [-0.15, -0.1) is 0 Å². The average Bonchev–Trinajstić information content (AvgIpc) is 2.25. The first-order valence-electron chi connectivity index (χ1n) is 5.29. The molecule has 1 aromatic rings. The van der Waals surface area contributed by atoms with Crippen molar-refractivity contribution in [1.82, 2.24) is 0 Å². The van der Waals surface area contributed by atoms with Gasteiger partial charge in [0.15, 0.2) is 0 Å². The number of carbonyl (C=O) groups is 1. The third kappa shape index (κ3) is 4.91. The summed E-state index contributed by atoms with van der Waals surface area (Å²) in [6, 6.07) is 7.99. The van der Waals surface area contributed by atoms with Gasteiger partial charge in [-0.3, -0.25) is 4.79 Å². The topological polar surface area (TPSA) is 49.3 Å². The second-order valence-corrected chi connectivity index (χ2v) is 7.12. The molecule has 0 bridgehead atoms. The summed E-state index contributed by atoms with van der Waals surface area (Å²) >= 11 is 0. The van der Waals surface area contributed by atoms with Crippen LogP contribution in [0.3, 0.4) is 0 Å². The minimum absolute atomic E-state index is 0.159. The molecule has 3 nitrogen and oxygen atoms in total. The highest BCUT2D eigenvalue weighted by Crippen LogP contribution is 2.44. The van der Waals surface area contributed by atoms with Gasteiger partial charge in [0.25, 0.3) is 0 Å². The molecular formula is C12H17NO2S2. The Hall–Kier alpha value is -0.810. The van der Waals surface area contributed by atoms with Gasteiger partial charge in [0.1, 0.15) is 0 Å². The minimum atomic E-state index is -0.759. The lowest BCUT2D eigenvalue weighted by atomic mass is 10.1. The van der Waals surface area contributed by atoms with Gasteiger partial charge in [-0.2, -0.15) is 0 Å². The van der Waals surface area contributed by atoms with Crippen molar-refractivity contribution in [3.63, 3.8) is 0 Å². The largest absolute Gasteiger partial charge is 0.481 e. The monoisotopic (exact) mass is 271 g/mol. The Morgan fingerprint density at radius 2 is 2.06 bits per heavy atom. The van der Waals surface area contributed by atoms with Crippen molar-refractivity contribution in [2.45, 2.75) is 29.9 Å². The molecule has 0 spiro atoms. The molecule has 2 N–H and O–H groups in total. The summed E-state index contributed by atoms with van der Waals surface area (Å²) in [4.78, 5) is 11.8. The summed E-state index contributed by atoms with van der Waals surface area (Å²) in [5.41, 5.74) is 1.07. The summed E-state index contributed by atoms with van der Waals surface area (Å²) in [5, 5.41) is 11.9. The normalized spacial score (nSPS) is 11.2. The molecule has 5 heteroatoms. The van der Waals surface area contributed by atoms with Gasteiger partial charge in [0.05, 0.1) is 6.42 Å². The van der Waals surface area contributed by atoms with Crippen LogP contribution < -0.4 is 5.32 Å². The number of hydrogen-bond acceptors (Lipinski definition) is 4. The fraction of sp³-hybridized carbons (Fsp3) is 0.417. The molecule has 0 saturated heterocycles. The quantitative estimate of drug-likeness (QED) is 0.772. The maximum absolute atomic E-state index is 10.7. The standard InChI is InChI=1S/C12H17NO2S2/c1-12(2,8-11(14)15)17-16-10-7-5-4-6-9(10)13-3/h4-7,13H,8H2,1-3H3,(H,14,15). The summed E-state index contributed by atoms with van der Waals surface area (Å²) in [7, 11) is 5.08. The zero-order valence-electron chi connectivity index (χ0n) is 10.2. The highest BCUT2D eigenvalue weighted by Gasteiger charge is 2.23. The van der Waals surface area contributed by atoms with Crippen LogP contribution in [0.15, 0.2) is 29.2 Å². The molecule has 0 heterocycles. The van der Waals surface area contributed by atoms with Crippen molar-refractivity contribution in [2.75, 3.05) is 12.4 Å². The van der Waals surface area contributed by atoms with Crippen molar-refractivity contribution in [1.29, 1.82) is 0 Å². The third-order valence-electron chi connectivity index (χ3n) is 2.09. The van der Waals surface area contributed by atoms with Crippen LogP contribution in [-0.2, 0) is 4.79 Å². The van der Waals surface area contributed by atoms with Gasteiger partial charge in [0, 0.05) is 22.4 Å².